The Kier molecular flexibility index (Phi) is 5.24. The van der Waals surface area contributed by atoms with Crippen LogP contribution in [0.25, 0.3) is 0 Å². The molecule has 2 aliphatic heterocycles. The van der Waals surface area contributed by atoms with E-state index in [0.29, 0.717) is 12.5 Å². The van der Waals surface area contributed by atoms with Gasteiger partial charge in [0.1, 0.15) is 17.4 Å². The quantitative estimate of drug-likeness (QED) is 0.884. The number of carbonyl (C=O) groups is 1. The molecule has 1 aromatic heterocycles. The van der Waals surface area contributed by atoms with E-state index in [2.05, 4.69) is 40.0 Å². The van der Waals surface area contributed by atoms with Gasteiger partial charge in [0.05, 0.1) is 7.11 Å². The molecule has 4 rings (SSSR count). The van der Waals surface area contributed by atoms with Crippen molar-refractivity contribution < 1.29 is 9.53 Å². The Bertz CT molecular complexity index is 860. The van der Waals surface area contributed by atoms with E-state index in [1.807, 2.05) is 17.0 Å². The third-order valence-electron chi connectivity index (χ3n) is 5.84. The molecule has 0 spiro atoms. The molecule has 2 aromatic rings. The largest absolute Gasteiger partial charge is 0.496 e. The summed E-state index contributed by atoms with van der Waals surface area (Å²) < 4.78 is 7.69. The molecule has 1 aromatic carbocycles. The number of hydrogen-bond donors (Lipinski definition) is 1. The van der Waals surface area contributed by atoms with Crippen LogP contribution in [0.2, 0.25) is 0 Å². The van der Waals surface area contributed by atoms with Gasteiger partial charge >= 0.3 is 6.03 Å². The van der Waals surface area contributed by atoms with Gasteiger partial charge in [0, 0.05) is 38.0 Å². The van der Waals surface area contributed by atoms with Crippen LogP contribution in [-0.4, -0.2) is 51.9 Å². The van der Waals surface area contributed by atoms with Crippen molar-refractivity contribution >= 4 is 6.03 Å². The smallest absolute Gasteiger partial charge is 0.317 e. The first kappa shape index (κ1) is 18.8. The van der Waals surface area contributed by atoms with Crippen LogP contribution in [0.15, 0.2) is 18.2 Å². The van der Waals surface area contributed by atoms with Crippen LogP contribution in [0.3, 0.4) is 0 Å². The lowest BCUT2D eigenvalue weighted by atomic mass is 10.0. The number of aromatic nitrogens is 3. The third kappa shape index (κ3) is 3.57. The summed E-state index contributed by atoms with van der Waals surface area (Å²) in [5.41, 5.74) is 2.51. The second kappa shape index (κ2) is 7.81. The first-order valence-corrected chi connectivity index (χ1v) is 10.2. The lowest BCUT2D eigenvalue weighted by Crippen LogP contribution is -2.48. The topological polar surface area (TPSA) is 72.3 Å². The van der Waals surface area contributed by atoms with Gasteiger partial charge in [0.2, 0.25) is 0 Å². The highest BCUT2D eigenvalue weighted by Crippen LogP contribution is 2.26. The highest BCUT2D eigenvalue weighted by atomic mass is 16.5. The van der Waals surface area contributed by atoms with Gasteiger partial charge in [-0.3, -0.25) is 0 Å². The Morgan fingerprint density at radius 1 is 1.21 bits per heavy atom. The number of carbonyl (C=O) groups excluding carboxylic acids is 1. The van der Waals surface area contributed by atoms with E-state index >= 15 is 0 Å². The number of fused-ring (bicyclic) bond motifs is 2. The fourth-order valence-electron chi connectivity index (χ4n) is 4.30. The van der Waals surface area contributed by atoms with Crippen molar-refractivity contribution in [2.45, 2.75) is 58.0 Å². The van der Waals surface area contributed by atoms with Gasteiger partial charge in [-0.15, -0.1) is 10.2 Å². The second-order valence-corrected chi connectivity index (χ2v) is 8.01. The minimum Gasteiger partial charge on any atom is -0.496 e. The summed E-state index contributed by atoms with van der Waals surface area (Å²) in [5, 5.41) is 11.9. The van der Waals surface area contributed by atoms with E-state index in [4.69, 9.17) is 4.74 Å². The van der Waals surface area contributed by atoms with E-state index in [-0.39, 0.29) is 12.1 Å². The van der Waals surface area contributed by atoms with Gasteiger partial charge in [0.25, 0.3) is 0 Å². The van der Waals surface area contributed by atoms with Gasteiger partial charge in [-0.05, 0) is 36.5 Å². The van der Waals surface area contributed by atoms with Crippen LogP contribution >= 0.6 is 0 Å². The SMILES string of the molecule is COc1cccc2c1CCN(C(=O)NC1CCc3nnc(C(C)C)n3C1)CC2. The lowest BCUT2D eigenvalue weighted by molar-refractivity contribution is 0.192. The van der Waals surface area contributed by atoms with Crippen LogP contribution in [0.4, 0.5) is 4.79 Å². The molecular formula is C21H29N5O2. The molecule has 7 heteroatoms. The van der Waals surface area contributed by atoms with Crippen molar-refractivity contribution in [1.82, 2.24) is 25.0 Å². The Labute approximate surface area is 166 Å². The number of ether oxygens (including phenoxy) is 1. The van der Waals surface area contributed by atoms with Crippen molar-refractivity contribution in [2.75, 3.05) is 20.2 Å². The fourth-order valence-corrected chi connectivity index (χ4v) is 4.30. The molecule has 0 fully saturated rings. The molecule has 0 bridgehead atoms. The van der Waals surface area contributed by atoms with Gasteiger partial charge in [0.15, 0.2) is 0 Å². The van der Waals surface area contributed by atoms with E-state index < -0.39 is 0 Å². The first-order chi connectivity index (χ1) is 13.6. The lowest BCUT2D eigenvalue weighted by Gasteiger charge is -2.29. The normalized spacial score (nSPS) is 19.0. The van der Waals surface area contributed by atoms with Gasteiger partial charge in [-0.2, -0.15) is 0 Å². The first-order valence-electron chi connectivity index (χ1n) is 10.2. The van der Waals surface area contributed by atoms with Crippen molar-refractivity contribution in [3.8, 4) is 5.75 Å². The van der Waals surface area contributed by atoms with Gasteiger partial charge in [-0.1, -0.05) is 26.0 Å². The van der Waals surface area contributed by atoms with E-state index in [1.165, 1.54) is 11.1 Å². The van der Waals surface area contributed by atoms with Crippen LogP contribution in [0.5, 0.6) is 5.75 Å². The number of nitrogens with zero attached hydrogens (tertiary/aromatic N) is 4. The molecular weight excluding hydrogens is 354 g/mol. The average molecular weight is 383 g/mol. The summed E-state index contributed by atoms with van der Waals surface area (Å²) in [7, 11) is 1.71. The van der Waals surface area contributed by atoms with Crippen molar-refractivity contribution in [3.63, 3.8) is 0 Å². The van der Waals surface area contributed by atoms with Crippen LogP contribution in [-0.2, 0) is 25.8 Å². The molecule has 7 nitrogen and oxygen atoms in total. The number of hydrogen-bond acceptors (Lipinski definition) is 4. The monoisotopic (exact) mass is 383 g/mol. The van der Waals surface area contributed by atoms with E-state index in [0.717, 1.165) is 56.2 Å². The summed E-state index contributed by atoms with van der Waals surface area (Å²) in [6.07, 6.45) is 3.44. The van der Waals surface area contributed by atoms with E-state index in [9.17, 15) is 4.79 Å². The molecule has 0 aliphatic carbocycles. The number of methoxy groups -OCH3 is 1. The highest BCUT2D eigenvalue weighted by Gasteiger charge is 2.27. The number of rotatable bonds is 3. The van der Waals surface area contributed by atoms with Crippen LogP contribution < -0.4 is 10.1 Å². The maximum Gasteiger partial charge on any atom is 0.317 e. The van der Waals surface area contributed by atoms with Gasteiger partial charge in [-0.25, -0.2) is 4.79 Å². The zero-order valence-corrected chi connectivity index (χ0v) is 16.9. The summed E-state index contributed by atoms with van der Waals surface area (Å²) in [4.78, 5) is 14.9. The molecule has 1 atom stereocenters. The zero-order valence-electron chi connectivity index (χ0n) is 16.9. The average Bonchev–Trinajstić information content (AvgIpc) is 2.98. The molecule has 150 valence electrons. The fraction of sp³-hybridized carbons (Fsp3) is 0.571. The predicted molar refractivity (Wildman–Crippen MR) is 107 cm³/mol. The summed E-state index contributed by atoms with van der Waals surface area (Å²) in [5.74, 6) is 3.29. The second-order valence-electron chi connectivity index (χ2n) is 8.01. The Morgan fingerprint density at radius 2 is 2.04 bits per heavy atom. The van der Waals surface area contributed by atoms with Crippen LogP contribution in [0.1, 0.15) is 49.0 Å². The summed E-state index contributed by atoms with van der Waals surface area (Å²) >= 11 is 0. The van der Waals surface area contributed by atoms with E-state index in [1.54, 1.807) is 7.11 Å². The van der Waals surface area contributed by atoms with Crippen molar-refractivity contribution in [2.24, 2.45) is 0 Å². The number of nitrogens with one attached hydrogen (secondary N) is 1. The maximum absolute atomic E-state index is 12.9. The summed E-state index contributed by atoms with van der Waals surface area (Å²) in [6, 6.07) is 6.31. The molecule has 0 saturated carbocycles. The maximum atomic E-state index is 12.9. The minimum absolute atomic E-state index is 0.0272. The number of benzene rings is 1. The minimum atomic E-state index is 0.0272. The Hall–Kier alpha value is -2.57. The van der Waals surface area contributed by atoms with Gasteiger partial charge < -0.3 is 19.5 Å². The molecule has 1 N–H and O–H groups in total. The highest BCUT2D eigenvalue weighted by molar-refractivity contribution is 5.74. The van der Waals surface area contributed by atoms with Crippen LogP contribution in [0, 0.1) is 0 Å². The third-order valence-corrected chi connectivity index (χ3v) is 5.84. The number of amides is 2. The summed E-state index contributed by atoms with van der Waals surface area (Å²) in [6.45, 7) is 6.45. The predicted octanol–water partition coefficient (Wildman–Crippen LogP) is 2.54. The molecule has 0 radical (unpaired) electrons. The molecule has 3 heterocycles. The zero-order chi connectivity index (χ0) is 19.7. The molecule has 28 heavy (non-hydrogen) atoms. The number of aryl methyl sites for hydroxylation is 1. The molecule has 1 unspecified atom stereocenters. The Morgan fingerprint density at radius 3 is 2.82 bits per heavy atom. The number of urea groups is 1. The van der Waals surface area contributed by atoms with Crippen molar-refractivity contribution in [1.29, 1.82) is 0 Å². The Balaban J connectivity index is 1.40. The molecule has 2 aliphatic rings. The molecule has 0 saturated heterocycles. The van der Waals surface area contributed by atoms with Crippen molar-refractivity contribution in [3.05, 3.63) is 41.0 Å². The standard InChI is InChI=1S/C21H29N5O2/c1-14(2)20-24-23-19-8-7-16(13-26(19)20)22-21(27)25-11-9-15-5-4-6-18(28-3)17(15)10-12-25/h4-6,14,16H,7-13H2,1-3H3,(H,22,27). The molecule has 2 amide bonds.